The maximum absolute atomic E-state index is 4.19. The van der Waals surface area contributed by atoms with Crippen LogP contribution in [0.4, 0.5) is 0 Å². The minimum absolute atomic E-state index is 0. The molecule has 0 saturated carbocycles. The van der Waals surface area contributed by atoms with Gasteiger partial charge in [-0.25, -0.2) is 0 Å². The molecule has 4 N–H and O–H groups in total. The largest absolute Gasteiger partial charge is 0.412 e. The molecule has 0 amide bonds. The normalized spacial score (nSPS) is 8.29. The van der Waals surface area contributed by atoms with Crippen molar-refractivity contribution in [3.05, 3.63) is 97.6 Å². The predicted molar refractivity (Wildman–Crippen MR) is 102 cm³/mol. The van der Waals surface area contributed by atoms with E-state index >= 15 is 0 Å². The minimum atomic E-state index is 0. The summed E-state index contributed by atoms with van der Waals surface area (Å²) < 4.78 is 0. The Kier molecular flexibility index (Phi) is 16.1. The average Bonchev–Trinajstić information content (AvgIpc) is 2.71. The fourth-order valence-corrected chi connectivity index (χ4v) is 2.06. The minimum Gasteiger partial charge on any atom is -0.412 e. The van der Waals surface area contributed by atoms with Crippen LogP contribution in [0.2, 0.25) is 0 Å². The number of pyridine rings is 4. The molecule has 154 valence electrons. The van der Waals surface area contributed by atoms with E-state index in [1.54, 1.807) is 24.8 Å². The molecule has 6 nitrogen and oxygen atoms in total. The molecule has 8 heteroatoms. The molecule has 0 aliphatic heterocycles. The molecule has 4 aromatic rings. The summed E-state index contributed by atoms with van der Waals surface area (Å²) in [5, 5.41) is 0. The fourth-order valence-electron chi connectivity index (χ4n) is 2.06. The molecule has 0 aliphatic carbocycles. The summed E-state index contributed by atoms with van der Waals surface area (Å²) in [7, 11) is 0. The van der Waals surface area contributed by atoms with Gasteiger partial charge in [0.1, 0.15) is 0 Å². The van der Waals surface area contributed by atoms with Crippen molar-refractivity contribution in [1.29, 1.82) is 0 Å². The first-order chi connectivity index (χ1) is 11.9. The smallest absolute Gasteiger partial charge is 0.0886 e. The number of rotatable bonds is 2. The van der Waals surface area contributed by atoms with Crippen molar-refractivity contribution >= 4 is 0 Å². The Morgan fingerprint density at radius 1 is 0.357 bits per heavy atom. The van der Waals surface area contributed by atoms with Crippen molar-refractivity contribution in [1.82, 2.24) is 19.9 Å². The van der Waals surface area contributed by atoms with E-state index < -0.39 is 0 Å². The van der Waals surface area contributed by atoms with Crippen LogP contribution in [0.15, 0.2) is 97.6 Å². The number of hydrogen-bond donors (Lipinski definition) is 0. The number of hydrogen-bond acceptors (Lipinski definition) is 4. The SMILES string of the molecule is O.O.[Au].[Au].c1ccc(-c2ccccn2)nc1.c1ccc(-c2ccccn2)nc1. The zero-order valence-electron chi connectivity index (χ0n) is 14.6. The van der Waals surface area contributed by atoms with E-state index in [9.17, 15) is 0 Å². The third-order valence-corrected chi connectivity index (χ3v) is 3.18. The van der Waals surface area contributed by atoms with Crippen molar-refractivity contribution in [3.63, 3.8) is 0 Å². The summed E-state index contributed by atoms with van der Waals surface area (Å²) in [5.74, 6) is 0. The van der Waals surface area contributed by atoms with Crippen LogP contribution in [0.25, 0.3) is 22.8 Å². The van der Waals surface area contributed by atoms with Crippen LogP contribution in [-0.4, -0.2) is 30.9 Å². The van der Waals surface area contributed by atoms with Crippen molar-refractivity contribution in [2.45, 2.75) is 0 Å². The molecular formula is C20H20Au2N4O2. The monoisotopic (exact) mass is 742 g/mol. The van der Waals surface area contributed by atoms with Crippen LogP contribution in [-0.2, 0) is 44.8 Å². The summed E-state index contributed by atoms with van der Waals surface area (Å²) in [6.07, 6.45) is 7.07. The van der Waals surface area contributed by atoms with Crippen molar-refractivity contribution in [3.8, 4) is 22.8 Å². The molecule has 0 aliphatic rings. The van der Waals surface area contributed by atoms with E-state index in [1.807, 2.05) is 72.8 Å². The second kappa shape index (κ2) is 16.0. The first kappa shape index (κ1) is 28.2. The van der Waals surface area contributed by atoms with Crippen LogP contribution in [0.3, 0.4) is 0 Å². The van der Waals surface area contributed by atoms with Gasteiger partial charge in [-0.1, -0.05) is 24.3 Å². The van der Waals surface area contributed by atoms with Gasteiger partial charge in [0, 0.05) is 69.5 Å². The maximum atomic E-state index is 4.19. The third-order valence-electron chi connectivity index (χ3n) is 3.18. The summed E-state index contributed by atoms with van der Waals surface area (Å²) in [4.78, 5) is 16.7. The summed E-state index contributed by atoms with van der Waals surface area (Å²) in [6.45, 7) is 0. The summed E-state index contributed by atoms with van der Waals surface area (Å²) in [6, 6.07) is 23.2. The molecule has 0 unspecified atom stereocenters. The molecule has 4 rings (SSSR count). The Bertz CT molecular complexity index is 706. The molecule has 0 fully saturated rings. The van der Waals surface area contributed by atoms with Crippen LogP contribution in [0, 0.1) is 0 Å². The van der Waals surface area contributed by atoms with Gasteiger partial charge < -0.3 is 11.0 Å². The molecule has 0 saturated heterocycles. The zero-order valence-corrected chi connectivity index (χ0v) is 19.0. The Morgan fingerprint density at radius 3 is 0.714 bits per heavy atom. The summed E-state index contributed by atoms with van der Waals surface area (Å²) >= 11 is 0. The van der Waals surface area contributed by atoms with Crippen LogP contribution in [0.1, 0.15) is 0 Å². The first-order valence-corrected chi connectivity index (χ1v) is 7.58. The topological polar surface area (TPSA) is 115 Å². The first-order valence-electron chi connectivity index (χ1n) is 7.58. The zero-order chi connectivity index (χ0) is 16.5. The predicted octanol–water partition coefficient (Wildman–Crippen LogP) is 2.63. The third kappa shape index (κ3) is 8.79. The average molecular weight is 742 g/mol. The molecule has 4 heterocycles. The standard InChI is InChI=1S/2C10H8N2.2Au.2H2O/c2*1-3-7-11-9(5-1)10-6-2-4-8-12-10;;;;/h2*1-8H;;;2*1H2. The molecule has 0 aromatic carbocycles. The molecule has 2 radical (unpaired) electrons. The Morgan fingerprint density at radius 2 is 0.571 bits per heavy atom. The quantitative estimate of drug-likeness (QED) is 0.294. The van der Waals surface area contributed by atoms with E-state index in [0.29, 0.717) is 0 Å². The molecule has 0 atom stereocenters. The fraction of sp³-hybridized carbons (Fsp3) is 0. The molecule has 28 heavy (non-hydrogen) atoms. The van der Waals surface area contributed by atoms with E-state index in [4.69, 9.17) is 0 Å². The van der Waals surface area contributed by atoms with Gasteiger partial charge in [-0.05, 0) is 48.5 Å². The van der Waals surface area contributed by atoms with Gasteiger partial charge in [0.15, 0.2) is 0 Å². The van der Waals surface area contributed by atoms with Gasteiger partial charge in [-0.3, -0.25) is 19.9 Å². The number of nitrogens with zero attached hydrogens (tertiary/aromatic N) is 4. The van der Waals surface area contributed by atoms with Crippen molar-refractivity contribution in [2.75, 3.05) is 0 Å². The van der Waals surface area contributed by atoms with Gasteiger partial charge in [0.05, 0.1) is 22.8 Å². The summed E-state index contributed by atoms with van der Waals surface area (Å²) in [5.41, 5.74) is 3.66. The van der Waals surface area contributed by atoms with Crippen molar-refractivity contribution in [2.24, 2.45) is 0 Å². The van der Waals surface area contributed by atoms with E-state index in [1.165, 1.54) is 0 Å². The van der Waals surface area contributed by atoms with Gasteiger partial charge in [-0.15, -0.1) is 0 Å². The van der Waals surface area contributed by atoms with E-state index in [0.717, 1.165) is 22.8 Å². The Labute approximate surface area is 195 Å². The van der Waals surface area contributed by atoms with Gasteiger partial charge >= 0.3 is 0 Å². The maximum Gasteiger partial charge on any atom is 0.0886 e. The van der Waals surface area contributed by atoms with E-state index in [2.05, 4.69) is 19.9 Å². The van der Waals surface area contributed by atoms with Gasteiger partial charge in [-0.2, -0.15) is 0 Å². The second-order valence-corrected chi connectivity index (χ2v) is 4.86. The van der Waals surface area contributed by atoms with Gasteiger partial charge in [0.2, 0.25) is 0 Å². The van der Waals surface area contributed by atoms with Gasteiger partial charge in [0.25, 0.3) is 0 Å². The van der Waals surface area contributed by atoms with E-state index in [-0.39, 0.29) is 55.7 Å². The van der Waals surface area contributed by atoms with Crippen LogP contribution < -0.4 is 0 Å². The molecule has 0 spiro atoms. The molecular weight excluding hydrogens is 722 g/mol. The Balaban J connectivity index is 0. The number of aromatic nitrogens is 4. The van der Waals surface area contributed by atoms with Crippen LogP contribution in [0.5, 0.6) is 0 Å². The van der Waals surface area contributed by atoms with Crippen molar-refractivity contribution < 1.29 is 55.7 Å². The second-order valence-electron chi connectivity index (χ2n) is 4.86. The molecule has 0 bridgehead atoms. The van der Waals surface area contributed by atoms with Crippen LogP contribution >= 0.6 is 0 Å². The molecule has 4 aromatic heterocycles. The Hall–Kier alpha value is -2.00.